The number of nitrogens with one attached hydrogen (secondary N) is 1. The van der Waals surface area contributed by atoms with Gasteiger partial charge in [-0.05, 0) is 37.6 Å². The van der Waals surface area contributed by atoms with Gasteiger partial charge >= 0.3 is 0 Å². The zero-order valence-corrected chi connectivity index (χ0v) is 10.3. The molecule has 0 radical (unpaired) electrons. The number of rotatable bonds is 5. The molecule has 1 saturated carbocycles. The molecule has 1 heteroatoms. The molecule has 1 aliphatic rings. The quantitative estimate of drug-likeness (QED) is 0.539. The van der Waals surface area contributed by atoms with Crippen molar-refractivity contribution in [3.8, 4) is 12.3 Å². The Morgan fingerprint density at radius 3 is 2.73 bits per heavy atom. The summed E-state index contributed by atoms with van der Waals surface area (Å²) in [5.41, 5.74) is 0. The number of terminal acetylenes is 1. The highest BCUT2D eigenvalue weighted by atomic mass is 14.9. The second-order valence-electron chi connectivity index (χ2n) is 5.06. The molecule has 1 fully saturated rings. The average Bonchev–Trinajstić information content (AvgIpc) is 2.25. The Kier molecular flexibility index (Phi) is 5.79. The third-order valence-electron chi connectivity index (χ3n) is 3.58. The first-order chi connectivity index (χ1) is 7.25. The van der Waals surface area contributed by atoms with E-state index < -0.39 is 0 Å². The monoisotopic (exact) mass is 207 g/mol. The van der Waals surface area contributed by atoms with Gasteiger partial charge in [0.05, 0.1) is 0 Å². The Morgan fingerprint density at radius 1 is 1.33 bits per heavy atom. The van der Waals surface area contributed by atoms with Crippen molar-refractivity contribution in [1.29, 1.82) is 0 Å². The van der Waals surface area contributed by atoms with Crippen LogP contribution in [0.2, 0.25) is 0 Å². The van der Waals surface area contributed by atoms with Gasteiger partial charge in [-0.3, -0.25) is 0 Å². The predicted octanol–water partition coefficient (Wildman–Crippen LogP) is 3.20. The SMILES string of the molecule is C#CCCCNC1CCCCC1C(C)C. The molecule has 0 spiro atoms. The molecule has 0 aromatic carbocycles. The van der Waals surface area contributed by atoms with Gasteiger partial charge in [-0.15, -0.1) is 12.3 Å². The molecule has 1 rings (SSSR count). The molecule has 0 aromatic rings. The van der Waals surface area contributed by atoms with Gasteiger partial charge < -0.3 is 5.32 Å². The molecule has 0 aromatic heterocycles. The molecule has 0 aliphatic heterocycles. The minimum atomic E-state index is 0.747. The van der Waals surface area contributed by atoms with E-state index in [-0.39, 0.29) is 0 Å². The molecule has 1 nitrogen and oxygen atoms in total. The molecule has 0 saturated heterocycles. The fraction of sp³-hybridized carbons (Fsp3) is 0.857. The maximum atomic E-state index is 5.25. The molecular weight excluding hydrogens is 182 g/mol. The highest BCUT2D eigenvalue weighted by Gasteiger charge is 2.26. The van der Waals surface area contributed by atoms with E-state index in [4.69, 9.17) is 6.42 Å². The summed E-state index contributed by atoms with van der Waals surface area (Å²) >= 11 is 0. The van der Waals surface area contributed by atoms with Crippen LogP contribution < -0.4 is 5.32 Å². The molecule has 0 amide bonds. The fourth-order valence-corrected chi connectivity index (χ4v) is 2.69. The van der Waals surface area contributed by atoms with E-state index >= 15 is 0 Å². The molecule has 0 heterocycles. The Morgan fingerprint density at radius 2 is 2.07 bits per heavy atom. The summed E-state index contributed by atoms with van der Waals surface area (Å²) in [5.74, 6) is 4.39. The summed E-state index contributed by atoms with van der Waals surface area (Å²) < 4.78 is 0. The standard InChI is InChI=1S/C14H25N/c1-4-5-8-11-15-14-10-7-6-9-13(14)12(2)3/h1,12-15H,5-11H2,2-3H3. The molecule has 1 N–H and O–H groups in total. The average molecular weight is 207 g/mol. The fourth-order valence-electron chi connectivity index (χ4n) is 2.69. The number of hydrogen-bond acceptors (Lipinski definition) is 1. The lowest BCUT2D eigenvalue weighted by molar-refractivity contribution is 0.206. The molecule has 15 heavy (non-hydrogen) atoms. The topological polar surface area (TPSA) is 12.0 Å². The first-order valence-electron chi connectivity index (χ1n) is 6.42. The van der Waals surface area contributed by atoms with Crippen LogP contribution in [0.25, 0.3) is 0 Å². The van der Waals surface area contributed by atoms with Crippen molar-refractivity contribution in [3.05, 3.63) is 0 Å². The second kappa shape index (κ2) is 6.90. The summed E-state index contributed by atoms with van der Waals surface area (Å²) in [4.78, 5) is 0. The van der Waals surface area contributed by atoms with Gasteiger partial charge in [-0.2, -0.15) is 0 Å². The van der Waals surface area contributed by atoms with Crippen LogP contribution >= 0.6 is 0 Å². The first kappa shape index (κ1) is 12.6. The molecule has 86 valence electrons. The van der Waals surface area contributed by atoms with E-state index in [1.54, 1.807) is 0 Å². The van der Waals surface area contributed by atoms with Gasteiger partial charge in [0.1, 0.15) is 0 Å². The van der Waals surface area contributed by atoms with Crippen LogP contribution in [-0.2, 0) is 0 Å². The lowest BCUT2D eigenvalue weighted by Crippen LogP contribution is -2.41. The molecule has 0 bridgehead atoms. The summed E-state index contributed by atoms with van der Waals surface area (Å²) in [6.07, 6.45) is 12.9. The van der Waals surface area contributed by atoms with Gasteiger partial charge in [-0.1, -0.05) is 26.7 Å². The van der Waals surface area contributed by atoms with Crippen molar-refractivity contribution in [2.75, 3.05) is 6.54 Å². The molecule has 2 atom stereocenters. The Labute approximate surface area is 95.0 Å². The van der Waals surface area contributed by atoms with E-state index in [1.165, 1.54) is 25.7 Å². The summed E-state index contributed by atoms with van der Waals surface area (Å²) in [6, 6.07) is 0.747. The van der Waals surface area contributed by atoms with E-state index in [1.807, 2.05) is 0 Å². The van der Waals surface area contributed by atoms with Gasteiger partial charge in [0.25, 0.3) is 0 Å². The Hall–Kier alpha value is -0.480. The van der Waals surface area contributed by atoms with Crippen LogP contribution in [0.1, 0.15) is 52.4 Å². The largest absolute Gasteiger partial charge is 0.314 e. The van der Waals surface area contributed by atoms with E-state index in [0.29, 0.717) is 0 Å². The predicted molar refractivity (Wildman–Crippen MR) is 66.7 cm³/mol. The van der Waals surface area contributed by atoms with Crippen LogP contribution in [0.5, 0.6) is 0 Å². The second-order valence-corrected chi connectivity index (χ2v) is 5.06. The minimum Gasteiger partial charge on any atom is -0.314 e. The smallest absolute Gasteiger partial charge is 0.00981 e. The van der Waals surface area contributed by atoms with E-state index in [9.17, 15) is 0 Å². The van der Waals surface area contributed by atoms with Crippen LogP contribution in [0, 0.1) is 24.2 Å². The van der Waals surface area contributed by atoms with Crippen LogP contribution in [0.3, 0.4) is 0 Å². The van der Waals surface area contributed by atoms with Gasteiger partial charge in [0.2, 0.25) is 0 Å². The molecule has 1 aliphatic carbocycles. The van der Waals surface area contributed by atoms with E-state index in [2.05, 4.69) is 25.1 Å². The van der Waals surface area contributed by atoms with Crippen molar-refractivity contribution >= 4 is 0 Å². The van der Waals surface area contributed by atoms with Crippen LogP contribution in [0.4, 0.5) is 0 Å². The van der Waals surface area contributed by atoms with Crippen molar-refractivity contribution < 1.29 is 0 Å². The zero-order valence-electron chi connectivity index (χ0n) is 10.3. The third-order valence-corrected chi connectivity index (χ3v) is 3.58. The normalized spacial score (nSPS) is 26.5. The molecule has 2 unspecified atom stereocenters. The Balaban J connectivity index is 2.27. The van der Waals surface area contributed by atoms with Crippen molar-refractivity contribution in [1.82, 2.24) is 5.32 Å². The minimum absolute atomic E-state index is 0.747. The van der Waals surface area contributed by atoms with Crippen LogP contribution in [0.15, 0.2) is 0 Å². The summed E-state index contributed by atoms with van der Waals surface area (Å²) in [6.45, 7) is 5.80. The van der Waals surface area contributed by atoms with Crippen LogP contribution in [-0.4, -0.2) is 12.6 Å². The van der Waals surface area contributed by atoms with Gasteiger partial charge in [0.15, 0.2) is 0 Å². The highest BCUT2D eigenvalue weighted by Crippen LogP contribution is 2.30. The molecular formula is C14H25N. The lowest BCUT2D eigenvalue weighted by Gasteiger charge is -2.35. The first-order valence-corrected chi connectivity index (χ1v) is 6.42. The van der Waals surface area contributed by atoms with E-state index in [0.717, 1.165) is 37.3 Å². The highest BCUT2D eigenvalue weighted by molar-refractivity contribution is 4.85. The maximum Gasteiger partial charge on any atom is 0.00981 e. The van der Waals surface area contributed by atoms with Gasteiger partial charge in [-0.25, -0.2) is 0 Å². The number of hydrogen-bond donors (Lipinski definition) is 1. The number of unbranched alkanes of at least 4 members (excludes halogenated alkanes) is 1. The zero-order chi connectivity index (χ0) is 11.1. The third kappa shape index (κ3) is 4.26. The van der Waals surface area contributed by atoms with Crippen molar-refractivity contribution in [3.63, 3.8) is 0 Å². The Bertz CT molecular complexity index is 202. The maximum absolute atomic E-state index is 5.25. The van der Waals surface area contributed by atoms with Gasteiger partial charge in [0, 0.05) is 12.5 Å². The van der Waals surface area contributed by atoms with Crippen molar-refractivity contribution in [2.24, 2.45) is 11.8 Å². The summed E-state index contributed by atoms with van der Waals surface area (Å²) in [7, 11) is 0. The summed E-state index contributed by atoms with van der Waals surface area (Å²) in [5, 5.41) is 3.69. The van der Waals surface area contributed by atoms with Crippen molar-refractivity contribution in [2.45, 2.75) is 58.4 Å². The lowest BCUT2D eigenvalue weighted by atomic mass is 9.78.